The summed E-state index contributed by atoms with van der Waals surface area (Å²) in [7, 11) is 1.62. The zero-order chi connectivity index (χ0) is 20.1. The quantitative estimate of drug-likeness (QED) is 0.154. The Morgan fingerprint density at radius 1 is 1.19 bits per heavy atom. The van der Waals surface area contributed by atoms with Gasteiger partial charge in [0.1, 0.15) is 23.1 Å². The van der Waals surface area contributed by atoms with Gasteiger partial charge >= 0.3 is 0 Å². The van der Waals surface area contributed by atoms with Crippen LogP contribution in [0.3, 0.4) is 0 Å². The summed E-state index contributed by atoms with van der Waals surface area (Å²) in [5.74, 6) is 1.93. The Bertz CT molecular complexity index is 740. The van der Waals surface area contributed by atoms with Crippen LogP contribution in [0.15, 0.2) is 81.2 Å². The standard InChI is InChI=1S/C20H24ClN3O2S/c1-6-7-8-13-24(21)20(16(2)22-3)19(23-4)14-27-15-26-18-11-9-17(25-5)10-12-18/h6-14H,3-4,15H2,1-2,5H3/b7-6-,13-8-,19-14-,20-16-. The van der Waals surface area contributed by atoms with Gasteiger partial charge in [0.15, 0.2) is 0 Å². The molecule has 0 aliphatic heterocycles. The third kappa shape index (κ3) is 7.76. The SMILES string of the molecule is C=NC(=C\SCOc1ccc(OC)cc1)/C(=C(\C)N=C)N(Cl)/C=C\C=C/C. The number of ether oxygens (including phenoxy) is 2. The number of aliphatic imine (C=N–C) groups is 2. The van der Waals surface area contributed by atoms with E-state index in [4.69, 9.17) is 21.3 Å². The average molecular weight is 406 g/mol. The smallest absolute Gasteiger partial charge is 0.138 e. The van der Waals surface area contributed by atoms with Crippen LogP contribution in [0.4, 0.5) is 0 Å². The molecule has 0 saturated heterocycles. The van der Waals surface area contributed by atoms with Crippen molar-refractivity contribution in [3.63, 3.8) is 0 Å². The van der Waals surface area contributed by atoms with E-state index in [0.717, 1.165) is 11.5 Å². The summed E-state index contributed by atoms with van der Waals surface area (Å²) >= 11 is 7.78. The highest BCUT2D eigenvalue weighted by atomic mass is 35.5. The van der Waals surface area contributed by atoms with E-state index in [1.807, 2.05) is 54.8 Å². The van der Waals surface area contributed by atoms with Gasteiger partial charge in [0.25, 0.3) is 0 Å². The van der Waals surface area contributed by atoms with Gasteiger partial charge in [-0.2, -0.15) is 0 Å². The van der Waals surface area contributed by atoms with Crippen LogP contribution in [0, 0.1) is 0 Å². The number of allylic oxidation sites excluding steroid dienone is 4. The van der Waals surface area contributed by atoms with E-state index in [2.05, 4.69) is 23.4 Å². The lowest BCUT2D eigenvalue weighted by atomic mass is 10.3. The van der Waals surface area contributed by atoms with Crippen molar-refractivity contribution >= 4 is 37.0 Å². The summed E-state index contributed by atoms with van der Waals surface area (Å²) in [4.78, 5) is 8.04. The maximum Gasteiger partial charge on any atom is 0.138 e. The van der Waals surface area contributed by atoms with Gasteiger partial charge in [0.05, 0.1) is 18.5 Å². The van der Waals surface area contributed by atoms with Crippen LogP contribution in [-0.4, -0.2) is 30.9 Å². The van der Waals surface area contributed by atoms with Crippen LogP contribution in [0.2, 0.25) is 0 Å². The van der Waals surface area contributed by atoms with Crippen LogP contribution in [0.1, 0.15) is 13.8 Å². The Kier molecular flexibility index (Phi) is 10.7. The van der Waals surface area contributed by atoms with Crippen LogP contribution in [-0.2, 0) is 0 Å². The number of benzene rings is 1. The molecule has 0 spiro atoms. The zero-order valence-corrected chi connectivity index (χ0v) is 17.3. The topological polar surface area (TPSA) is 46.4 Å². The van der Waals surface area contributed by atoms with Crippen LogP contribution >= 0.6 is 23.5 Å². The second kappa shape index (κ2) is 12.8. The molecule has 0 unspecified atom stereocenters. The van der Waals surface area contributed by atoms with E-state index in [1.54, 1.807) is 20.2 Å². The molecule has 0 amide bonds. The lowest BCUT2D eigenvalue weighted by Crippen LogP contribution is -2.07. The van der Waals surface area contributed by atoms with Gasteiger partial charge in [-0.3, -0.25) is 14.4 Å². The molecule has 7 heteroatoms. The number of thioether (sulfide) groups is 1. The molecule has 0 atom stereocenters. The highest BCUT2D eigenvalue weighted by Crippen LogP contribution is 2.26. The molecule has 0 saturated carbocycles. The lowest BCUT2D eigenvalue weighted by Gasteiger charge is -2.17. The summed E-state index contributed by atoms with van der Waals surface area (Å²) in [6, 6.07) is 7.38. The van der Waals surface area contributed by atoms with Gasteiger partial charge in [0, 0.05) is 23.4 Å². The fraction of sp³-hybridized carbons (Fsp3) is 0.200. The molecule has 27 heavy (non-hydrogen) atoms. The predicted octanol–water partition coefficient (Wildman–Crippen LogP) is 5.78. The van der Waals surface area contributed by atoms with Gasteiger partial charge in [-0.05, 0) is 57.6 Å². The molecule has 0 radical (unpaired) electrons. The van der Waals surface area contributed by atoms with Crippen molar-refractivity contribution in [3.05, 3.63) is 71.2 Å². The van der Waals surface area contributed by atoms with E-state index in [1.165, 1.54) is 16.2 Å². The molecule has 1 rings (SSSR count). The molecule has 144 valence electrons. The molecular weight excluding hydrogens is 382 g/mol. The van der Waals surface area contributed by atoms with Gasteiger partial charge in [0.2, 0.25) is 0 Å². The first-order chi connectivity index (χ1) is 13.1. The highest BCUT2D eigenvalue weighted by molar-refractivity contribution is 8.02. The molecule has 1 aromatic rings. The van der Waals surface area contributed by atoms with Crippen molar-refractivity contribution in [1.82, 2.24) is 4.42 Å². The normalized spacial score (nSPS) is 12.8. The summed E-state index contributed by atoms with van der Waals surface area (Å²) in [6.45, 7) is 10.9. The first-order valence-corrected chi connectivity index (χ1v) is 9.43. The fourth-order valence-corrected chi connectivity index (χ4v) is 2.78. The fourth-order valence-electron chi connectivity index (χ4n) is 1.89. The van der Waals surface area contributed by atoms with Gasteiger partial charge < -0.3 is 9.47 Å². The van der Waals surface area contributed by atoms with Gasteiger partial charge in [-0.25, -0.2) is 0 Å². The summed E-state index contributed by atoms with van der Waals surface area (Å²) in [6.07, 6.45) is 7.27. The maximum atomic E-state index is 6.35. The number of methoxy groups -OCH3 is 1. The summed E-state index contributed by atoms with van der Waals surface area (Å²) in [5.41, 5.74) is 1.80. The van der Waals surface area contributed by atoms with Crippen molar-refractivity contribution in [3.8, 4) is 11.5 Å². The molecule has 0 N–H and O–H groups in total. The molecule has 0 bridgehead atoms. The van der Waals surface area contributed by atoms with Gasteiger partial charge in [-0.1, -0.05) is 23.9 Å². The molecule has 5 nitrogen and oxygen atoms in total. The monoisotopic (exact) mass is 405 g/mol. The Balaban J connectivity index is 2.83. The molecular formula is C20H24ClN3O2S. The van der Waals surface area contributed by atoms with Crippen LogP contribution in [0.5, 0.6) is 11.5 Å². The van der Waals surface area contributed by atoms with E-state index in [-0.39, 0.29) is 0 Å². The Morgan fingerprint density at radius 3 is 2.41 bits per heavy atom. The van der Waals surface area contributed by atoms with E-state index in [0.29, 0.717) is 23.0 Å². The van der Waals surface area contributed by atoms with E-state index in [9.17, 15) is 0 Å². The van der Waals surface area contributed by atoms with Crippen molar-refractivity contribution in [1.29, 1.82) is 0 Å². The second-order valence-corrected chi connectivity index (χ2v) is 6.21. The molecule has 0 aromatic heterocycles. The number of hydrogen-bond acceptors (Lipinski definition) is 6. The van der Waals surface area contributed by atoms with Crippen LogP contribution in [0.25, 0.3) is 0 Å². The second-order valence-electron chi connectivity index (χ2n) is 5.04. The zero-order valence-electron chi connectivity index (χ0n) is 15.8. The summed E-state index contributed by atoms with van der Waals surface area (Å²) < 4.78 is 12.2. The lowest BCUT2D eigenvalue weighted by molar-refractivity contribution is 0.389. The Morgan fingerprint density at radius 2 is 1.85 bits per heavy atom. The van der Waals surface area contributed by atoms with E-state index < -0.39 is 0 Å². The number of rotatable bonds is 11. The van der Waals surface area contributed by atoms with Crippen molar-refractivity contribution < 1.29 is 9.47 Å². The average Bonchev–Trinajstić information content (AvgIpc) is 2.70. The maximum absolute atomic E-state index is 6.35. The highest BCUT2D eigenvalue weighted by Gasteiger charge is 2.13. The molecule has 1 aromatic carbocycles. The molecule has 0 heterocycles. The van der Waals surface area contributed by atoms with Crippen molar-refractivity contribution in [2.24, 2.45) is 9.98 Å². The molecule has 0 aliphatic carbocycles. The summed E-state index contributed by atoms with van der Waals surface area (Å²) in [5, 5.41) is 1.82. The third-order valence-corrected chi connectivity index (χ3v) is 4.20. The van der Waals surface area contributed by atoms with E-state index >= 15 is 0 Å². The van der Waals surface area contributed by atoms with Crippen molar-refractivity contribution in [2.75, 3.05) is 13.0 Å². The van der Waals surface area contributed by atoms with Crippen LogP contribution < -0.4 is 9.47 Å². The molecule has 0 aliphatic rings. The predicted molar refractivity (Wildman–Crippen MR) is 118 cm³/mol. The minimum atomic E-state index is 0.399. The first kappa shape index (κ1) is 22.6. The first-order valence-electron chi connectivity index (χ1n) is 8.05. The Labute approximate surface area is 170 Å². The number of hydrogen-bond donors (Lipinski definition) is 0. The molecule has 0 fully saturated rings. The van der Waals surface area contributed by atoms with Crippen molar-refractivity contribution in [2.45, 2.75) is 13.8 Å². The number of nitrogens with zero attached hydrogens (tertiary/aromatic N) is 3. The number of halogens is 1. The minimum Gasteiger partial charge on any atom is -0.497 e. The Hall–Kier alpha value is -2.44. The minimum absolute atomic E-state index is 0.399. The largest absolute Gasteiger partial charge is 0.497 e. The third-order valence-electron chi connectivity index (χ3n) is 3.27. The van der Waals surface area contributed by atoms with Gasteiger partial charge in [-0.15, -0.1) is 0 Å².